The van der Waals surface area contributed by atoms with E-state index >= 15 is 0 Å². The molecule has 0 aromatic carbocycles. The predicted octanol–water partition coefficient (Wildman–Crippen LogP) is 6.34. The lowest BCUT2D eigenvalue weighted by atomic mass is 9.94. The number of nitrogens with zero attached hydrogens (tertiary/aromatic N) is 3. The molecule has 4 rings (SSSR count). The van der Waals surface area contributed by atoms with Crippen molar-refractivity contribution in [1.29, 1.82) is 0 Å². The Labute approximate surface area is 198 Å². The van der Waals surface area contributed by atoms with Crippen molar-refractivity contribution in [3.63, 3.8) is 0 Å². The van der Waals surface area contributed by atoms with Crippen molar-refractivity contribution in [3.05, 3.63) is 17.3 Å². The summed E-state index contributed by atoms with van der Waals surface area (Å²) in [5.74, 6) is 1.68. The highest BCUT2D eigenvalue weighted by Gasteiger charge is 2.44. The number of aromatic nitrogens is 2. The van der Waals surface area contributed by atoms with Gasteiger partial charge in [-0.1, -0.05) is 40.0 Å². The molecule has 0 bridgehead atoms. The molecule has 7 heteroatoms. The molecule has 2 aromatic rings. The van der Waals surface area contributed by atoms with Crippen LogP contribution in [0.25, 0.3) is 10.2 Å². The van der Waals surface area contributed by atoms with Crippen LogP contribution in [0.5, 0.6) is 0 Å². The molecule has 3 atom stereocenters. The Morgan fingerprint density at radius 2 is 1.88 bits per heavy atom. The minimum Gasteiger partial charge on any atom is -0.414 e. The molecule has 2 aromatic heterocycles. The summed E-state index contributed by atoms with van der Waals surface area (Å²) in [7, 11) is 0.326. The highest BCUT2D eigenvalue weighted by molar-refractivity contribution is 7.18. The highest BCUT2D eigenvalue weighted by Crippen LogP contribution is 2.47. The molecular formula is C25H41N3O2SSi. The highest BCUT2D eigenvalue weighted by atomic mass is 32.1. The van der Waals surface area contributed by atoms with E-state index < -0.39 is 8.32 Å². The minimum absolute atomic E-state index is 0.132. The molecule has 0 aliphatic heterocycles. The van der Waals surface area contributed by atoms with Crippen LogP contribution >= 0.6 is 11.3 Å². The second-order valence-electron chi connectivity index (χ2n) is 11.5. The standard InChI is InChI=1S/C25H41N3O2SSi/c1-25(2,3)32(5,6)30-21-13-17(12-18(21)14-29)20-15-31-23-22(20)26-16-27-24(23)28(4)19-10-8-7-9-11-19/h15-19,21,29H,7-14H2,1-6H3/t17-,18+,21+/m1/s1. The van der Waals surface area contributed by atoms with Crippen LogP contribution in [0.4, 0.5) is 5.82 Å². The van der Waals surface area contributed by atoms with Crippen LogP contribution < -0.4 is 4.90 Å². The number of fused-ring (bicyclic) bond motifs is 1. The lowest BCUT2D eigenvalue weighted by Crippen LogP contribution is -2.45. The maximum Gasteiger partial charge on any atom is 0.192 e. The van der Waals surface area contributed by atoms with Gasteiger partial charge >= 0.3 is 0 Å². The van der Waals surface area contributed by atoms with Gasteiger partial charge in [-0.05, 0) is 60.7 Å². The molecular weight excluding hydrogens is 434 g/mol. The van der Waals surface area contributed by atoms with Crippen LogP contribution in [0, 0.1) is 5.92 Å². The van der Waals surface area contributed by atoms with E-state index in [1.807, 2.05) is 0 Å². The van der Waals surface area contributed by atoms with E-state index in [4.69, 9.17) is 14.4 Å². The molecule has 5 nitrogen and oxygen atoms in total. The number of anilines is 1. The zero-order valence-electron chi connectivity index (χ0n) is 20.7. The molecule has 2 heterocycles. The molecule has 2 fully saturated rings. The number of hydrogen-bond acceptors (Lipinski definition) is 6. The third-order valence-corrected chi connectivity index (χ3v) is 13.9. The number of rotatable bonds is 6. The molecule has 2 aliphatic rings. The topological polar surface area (TPSA) is 58.5 Å². The predicted molar refractivity (Wildman–Crippen MR) is 137 cm³/mol. The third-order valence-electron chi connectivity index (χ3n) is 8.38. The van der Waals surface area contributed by atoms with Gasteiger partial charge in [0.15, 0.2) is 8.32 Å². The van der Waals surface area contributed by atoms with Crippen LogP contribution in [0.2, 0.25) is 18.1 Å². The smallest absolute Gasteiger partial charge is 0.192 e. The fourth-order valence-corrected chi connectivity index (χ4v) is 7.80. The Kier molecular flexibility index (Phi) is 7.02. The Hall–Kier alpha value is -1.02. The van der Waals surface area contributed by atoms with Crippen LogP contribution in [0.3, 0.4) is 0 Å². The molecule has 0 amide bonds. The van der Waals surface area contributed by atoms with Crippen molar-refractivity contribution in [1.82, 2.24) is 9.97 Å². The van der Waals surface area contributed by atoms with E-state index in [0.29, 0.717) is 12.0 Å². The van der Waals surface area contributed by atoms with Crippen molar-refractivity contribution in [2.45, 2.75) is 102 Å². The maximum atomic E-state index is 10.1. The van der Waals surface area contributed by atoms with Crippen LogP contribution in [-0.4, -0.2) is 49.2 Å². The van der Waals surface area contributed by atoms with Gasteiger partial charge in [0, 0.05) is 25.6 Å². The third kappa shape index (κ3) is 4.63. The normalized spacial score (nSPS) is 25.5. The molecule has 1 N–H and O–H groups in total. The first-order valence-corrected chi connectivity index (χ1v) is 16.1. The summed E-state index contributed by atoms with van der Waals surface area (Å²) in [5, 5.41) is 12.6. The van der Waals surface area contributed by atoms with Gasteiger partial charge in [-0.2, -0.15) is 0 Å². The molecule has 178 valence electrons. The molecule has 0 unspecified atom stereocenters. The second-order valence-corrected chi connectivity index (χ2v) is 17.1. The summed E-state index contributed by atoms with van der Waals surface area (Å²) < 4.78 is 8.00. The second kappa shape index (κ2) is 9.32. The van der Waals surface area contributed by atoms with Gasteiger partial charge in [-0.3, -0.25) is 0 Å². The van der Waals surface area contributed by atoms with E-state index in [0.717, 1.165) is 24.2 Å². The zero-order valence-corrected chi connectivity index (χ0v) is 22.5. The monoisotopic (exact) mass is 475 g/mol. The Balaban J connectivity index is 1.57. The first-order valence-electron chi connectivity index (χ1n) is 12.4. The minimum atomic E-state index is -1.88. The Morgan fingerprint density at radius 1 is 1.16 bits per heavy atom. The number of aliphatic hydroxyl groups is 1. The van der Waals surface area contributed by atoms with Crippen molar-refractivity contribution in [2.75, 3.05) is 18.6 Å². The lowest BCUT2D eigenvalue weighted by molar-refractivity contribution is 0.0980. The lowest BCUT2D eigenvalue weighted by Gasteiger charge is -2.39. The quantitative estimate of drug-likeness (QED) is 0.494. The van der Waals surface area contributed by atoms with Crippen LogP contribution in [0.1, 0.15) is 77.2 Å². The Morgan fingerprint density at radius 3 is 2.53 bits per heavy atom. The summed E-state index contributed by atoms with van der Waals surface area (Å²) in [6, 6.07) is 0.583. The summed E-state index contributed by atoms with van der Waals surface area (Å²) in [6.07, 6.45) is 10.3. The summed E-state index contributed by atoms with van der Waals surface area (Å²) >= 11 is 1.79. The SMILES string of the molecule is CN(c1ncnc2c([C@@H]3C[C@@H](CO)[C@@H](O[Si](C)(C)C(C)(C)C)C3)csc12)C1CCCCC1. The molecule has 0 radical (unpaired) electrons. The van der Waals surface area contributed by atoms with Crippen LogP contribution in [-0.2, 0) is 4.43 Å². The van der Waals surface area contributed by atoms with E-state index in [1.54, 1.807) is 17.7 Å². The molecule has 32 heavy (non-hydrogen) atoms. The summed E-state index contributed by atoms with van der Waals surface area (Å²) in [5.41, 5.74) is 2.43. The van der Waals surface area contributed by atoms with Crippen molar-refractivity contribution >= 4 is 35.7 Å². The van der Waals surface area contributed by atoms with Gasteiger partial charge in [-0.25, -0.2) is 9.97 Å². The van der Waals surface area contributed by atoms with Gasteiger partial charge in [0.25, 0.3) is 0 Å². The number of thiophene rings is 1. The van der Waals surface area contributed by atoms with E-state index in [2.05, 4.69) is 51.2 Å². The molecule has 0 saturated heterocycles. The largest absolute Gasteiger partial charge is 0.414 e. The number of aliphatic hydroxyl groups excluding tert-OH is 1. The van der Waals surface area contributed by atoms with Crippen molar-refractivity contribution in [3.8, 4) is 0 Å². The first kappa shape index (κ1) is 24.1. The first-order chi connectivity index (χ1) is 15.1. The van der Waals surface area contributed by atoms with Gasteiger partial charge < -0.3 is 14.4 Å². The Bertz CT molecular complexity index is 920. The van der Waals surface area contributed by atoms with Crippen molar-refractivity contribution < 1.29 is 9.53 Å². The molecule has 0 spiro atoms. The average Bonchev–Trinajstić information content (AvgIpc) is 3.36. The number of hydrogen-bond donors (Lipinski definition) is 1. The van der Waals surface area contributed by atoms with Gasteiger partial charge in [0.2, 0.25) is 0 Å². The summed E-state index contributed by atoms with van der Waals surface area (Å²) in [4.78, 5) is 11.9. The van der Waals surface area contributed by atoms with E-state index in [-0.39, 0.29) is 23.7 Å². The van der Waals surface area contributed by atoms with E-state index in [1.165, 1.54) is 42.4 Å². The average molecular weight is 476 g/mol. The van der Waals surface area contributed by atoms with Crippen LogP contribution in [0.15, 0.2) is 11.7 Å². The van der Waals surface area contributed by atoms with Gasteiger partial charge in [-0.15, -0.1) is 11.3 Å². The molecule has 2 aliphatic carbocycles. The maximum absolute atomic E-state index is 10.1. The van der Waals surface area contributed by atoms with E-state index in [9.17, 15) is 5.11 Å². The zero-order chi connectivity index (χ0) is 23.1. The fourth-order valence-electron chi connectivity index (χ4n) is 5.27. The van der Waals surface area contributed by atoms with Crippen molar-refractivity contribution in [2.24, 2.45) is 5.92 Å². The summed E-state index contributed by atoms with van der Waals surface area (Å²) in [6.45, 7) is 11.7. The fraction of sp³-hybridized carbons (Fsp3) is 0.760. The molecule has 2 saturated carbocycles. The van der Waals surface area contributed by atoms with Gasteiger partial charge in [0.1, 0.15) is 12.1 Å². The van der Waals surface area contributed by atoms with Gasteiger partial charge in [0.05, 0.1) is 16.3 Å².